The van der Waals surface area contributed by atoms with Crippen molar-refractivity contribution in [3.63, 3.8) is 0 Å². The maximum atomic E-state index is 6.39. The molecule has 0 aromatic heterocycles. The van der Waals surface area contributed by atoms with E-state index in [2.05, 4.69) is 55.9 Å². The summed E-state index contributed by atoms with van der Waals surface area (Å²) >= 11 is 0. The van der Waals surface area contributed by atoms with Gasteiger partial charge in [-0.05, 0) is 76.5 Å². The second-order valence-electron chi connectivity index (χ2n) is 6.92. The van der Waals surface area contributed by atoms with Gasteiger partial charge in [0.2, 0.25) is 0 Å². The number of benzene rings is 1. The van der Waals surface area contributed by atoms with Gasteiger partial charge in [-0.25, -0.2) is 0 Å². The zero-order valence-electron chi connectivity index (χ0n) is 14.1. The third-order valence-electron chi connectivity index (χ3n) is 4.88. The van der Waals surface area contributed by atoms with E-state index in [0.717, 1.165) is 12.5 Å². The molecule has 0 spiro atoms. The average Bonchev–Trinajstić information content (AvgIpc) is 2.44. The zero-order chi connectivity index (χ0) is 15.4. The molecule has 1 aromatic carbocycles. The van der Waals surface area contributed by atoms with Gasteiger partial charge < -0.3 is 15.5 Å². The zero-order valence-corrected chi connectivity index (χ0v) is 14.1. The lowest BCUT2D eigenvalue weighted by Gasteiger charge is -2.32. The van der Waals surface area contributed by atoms with Crippen molar-refractivity contribution >= 4 is 0 Å². The third kappa shape index (κ3) is 4.80. The molecule has 1 heterocycles. The Morgan fingerprint density at radius 2 is 1.90 bits per heavy atom. The molecule has 118 valence electrons. The highest BCUT2D eigenvalue weighted by atomic mass is 15.1. The molecule has 2 N–H and O–H groups in total. The highest BCUT2D eigenvalue weighted by molar-refractivity contribution is 5.31. The van der Waals surface area contributed by atoms with Crippen LogP contribution >= 0.6 is 0 Å². The number of piperidine rings is 1. The molecule has 3 heteroatoms. The number of rotatable bonds is 5. The monoisotopic (exact) mass is 289 g/mol. The van der Waals surface area contributed by atoms with E-state index >= 15 is 0 Å². The van der Waals surface area contributed by atoms with Crippen LogP contribution in [0.25, 0.3) is 0 Å². The molecule has 1 aliphatic heterocycles. The molecule has 1 unspecified atom stereocenters. The number of nitrogens with two attached hydrogens (primary N) is 1. The maximum absolute atomic E-state index is 6.39. The van der Waals surface area contributed by atoms with Gasteiger partial charge in [0.15, 0.2) is 0 Å². The quantitative estimate of drug-likeness (QED) is 0.904. The molecule has 1 atom stereocenters. The predicted molar refractivity (Wildman–Crippen MR) is 90.6 cm³/mol. The van der Waals surface area contributed by atoms with Gasteiger partial charge in [-0.15, -0.1) is 0 Å². The van der Waals surface area contributed by atoms with Gasteiger partial charge in [-0.1, -0.05) is 18.2 Å². The van der Waals surface area contributed by atoms with Crippen molar-refractivity contribution in [2.75, 3.05) is 40.3 Å². The minimum absolute atomic E-state index is 0.112. The van der Waals surface area contributed by atoms with Crippen LogP contribution < -0.4 is 5.73 Å². The van der Waals surface area contributed by atoms with E-state index in [-0.39, 0.29) is 6.04 Å². The summed E-state index contributed by atoms with van der Waals surface area (Å²) in [6.45, 7) is 8.90. The number of hydrogen-bond acceptors (Lipinski definition) is 3. The van der Waals surface area contributed by atoms with E-state index < -0.39 is 0 Å². The molecule has 1 aromatic rings. The molecule has 0 saturated carbocycles. The Bertz CT molecular complexity index is 450. The van der Waals surface area contributed by atoms with Crippen molar-refractivity contribution in [3.8, 4) is 0 Å². The summed E-state index contributed by atoms with van der Waals surface area (Å²) in [5, 5.41) is 0. The standard InChI is InChI=1S/C18H31N3/c1-14-5-6-17(11-15(14)2)18(19)13-21(4)12-16-7-9-20(3)10-8-16/h5-6,11,16,18H,7-10,12-13,19H2,1-4H3. The van der Waals surface area contributed by atoms with Gasteiger partial charge in [-0.2, -0.15) is 0 Å². The SMILES string of the molecule is Cc1ccc(C(N)CN(C)CC2CCN(C)CC2)cc1C. The number of aryl methyl sites for hydroxylation is 2. The number of likely N-dealkylation sites (N-methyl/N-ethyl adjacent to an activating group) is 1. The molecule has 1 aliphatic rings. The molecule has 3 nitrogen and oxygen atoms in total. The van der Waals surface area contributed by atoms with Crippen molar-refractivity contribution in [1.29, 1.82) is 0 Å². The van der Waals surface area contributed by atoms with Crippen LogP contribution in [-0.2, 0) is 0 Å². The largest absolute Gasteiger partial charge is 0.323 e. The second kappa shape index (κ2) is 7.39. The summed E-state index contributed by atoms with van der Waals surface area (Å²) in [6.07, 6.45) is 2.64. The van der Waals surface area contributed by atoms with Gasteiger partial charge in [-0.3, -0.25) is 0 Å². The first kappa shape index (κ1) is 16.5. The predicted octanol–water partition coefficient (Wildman–Crippen LogP) is 2.58. The Hall–Kier alpha value is -0.900. The van der Waals surface area contributed by atoms with Crippen LogP contribution in [0, 0.1) is 19.8 Å². The first-order chi connectivity index (χ1) is 9.95. The fourth-order valence-corrected chi connectivity index (χ4v) is 3.20. The first-order valence-corrected chi connectivity index (χ1v) is 8.15. The molecule has 0 aliphatic carbocycles. The van der Waals surface area contributed by atoms with E-state index in [1.54, 1.807) is 0 Å². The van der Waals surface area contributed by atoms with Crippen LogP contribution in [0.3, 0.4) is 0 Å². The van der Waals surface area contributed by atoms with Gasteiger partial charge in [0, 0.05) is 19.1 Å². The Morgan fingerprint density at radius 1 is 1.24 bits per heavy atom. The lowest BCUT2D eigenvalue weighted by atomic mass is 9.96. The highest BCUT2D eigenvalue weighted by Crippen LogP contribution is 2.19. The van der Waals surface area contributed by atoms with Crippen molar-refractivity contribution < 1.29 is 0 Å². The molecular weight excluding hydrogens is 258 g/mol. The lowest BCUT2D eigenvalue weighted by Crippen LogP contribution is -2.38. The van der Waals surface area contributed by atoms with Gasteiger partial charge >= 0.3 is 0 Å². The topological polar surface area (TPSA) is 32.5 Å². The summed E-state index contributed by atoms with van der Waals surface area (Å²) < 4.78 is 0. The Kier molecular flexibility index (Phi) is 5.80. The summed E-state index contributed by atoms with van der Waals surface area (Å²) in [6, 6.07) is 6.71. The smallest absolute Gasteiger partial charge is 0.0424 e. The molecule has 2 rings (SSSR count). The van der Waals surface area contributed by atoms with Crippen LogP contribution in [0.5, 0.6) is 0 Å². The van der Waals surface area contributed by atoms with Crippen LogP contribution in [0.1, 0.15) is 35.6 Å². The molecule has 0 amide bonds. The van der Waals surface area contributed by atoms with Crippen molar-refractivity contribution in [1.82, 2.24) is 9.80 Å². The van der Waals surface area contributed by atoms with Crippen LogP contribution in [0.4, 0.5) is 0 Å². The van der Waals surface area contributed by atoms with Gasteiger partial charge in [0.05, 0.1) is 0 Å². The summed E-state index contributed by atoms with van der Waals surface area (Å²) in [5.74, 6) is 0.832. The van der Waals surface area contributed by atoms with Gasteiger partial charge in [0.25, 0.3) is 0 Å². The molecule has 0 radical (unpaired) electrons. The van der Waals surface area contributed by atoms with Crippen LogP contribution in [0.15, 0.2) is 18.2 Å². The maximum Gasteiger partial charge on any atom is 0.0424 e. The highest BCUT2D eigenvalue weighted by Gasteiger charge is 2.19. The second-order valence-corrected chi connectivity index (χ2v) is 6.92. The average molecular weight is 289 g/mol. The van der Waals surface area contributed by atoms with Crippen LogP contribution in [-0.4, -0.2) is 50.1 Å². The van der Waals surface area contributed by atoms with Crippen molar-refractivity contribution in [2.45, 2.75) is 32.7 Å². The minimum atomic E-state index is 0.112. The molecule has 1 saturated heterocycles. The van der Waals surface area contributed by atoms with E-state index in [1.807, 2.05) is 0 Å². The van der Waals surface area contributed by atoms with E-state index in [1.165, 1.54) is 49.2 Å². The van der Waals surface area contributed by atoms with E-state index in [4.69, 9.17) is 5.73 Å². The fraction of sp³-hybridized carbons (Fsp3) is 0.667. The molecular formula is C18H31N3. The van der Waals surface area contributed by atoms with E-state index in [0.29, 0.717) is 0 Å². The Morgan fingerprint density at radius 3 is 2.52 bits per heavy atom. The minimum Gasteiger partial charge on any atom is -0.323 e. The summed E-state index contributed by atoms with van der Waals surface area (Å²) in [5.41, 5.74) is 10.3. The normalized spacial score (nSPS) is 19.1. The van der Waals surface area contributed by atoms with Crippen molar-refractivity contribution in [3.05, 3.63) is 34.9 Å². The summed E-state index contributed by atoms with van der Waals surface area (Å²) in [4.78, 5) is 4.84. The Labute approximate surface area is 130 Å². The lowest BCUT2D eigenvalue weighted by molar-refractivity contribution is 0.172. The fourth-order valence-electron chi connectivity index (χ4n) is 3.20. The Balaban J connectivity index is 1.83. The number of nitrogens with zero attached hydrogens (tertiary/aromatic N) is 2. The summed E-state index contributed by atoms with van der Waals surface area (Å²) in [7, 11) is 4.43. The van der Waals surface area contributed by atoms with E-state index in [9.17, 15) is 0 Å². The van der Waals surface area contributed by atoms with Gasteiger partial charge in [0.1, 0.15) is 0 Å². The number of likely N-dealkylation sites (tertiary alicyclic amines) is 1. The third-order valence-corrected chi connectivity index (χ3v) is 4.88. The van der Waals surface area contributed by atoms with Crippen molar-refractivity contribution in [2.24, 2.45) is 11.7 Å². The molecule has 21 heavy (non-hydrogen) atoms. The molecule has 0 bridgehead atoms. The first-order valence-electron chi connectivity index (χ1n) is 8.15. The van der Waals surface area contributed by atoms with Crippen LogP contribution in [0.2, 0.25) is 0 Å². The number of hydrogen-bond donors (Lipinski definition) is 1. The molecule has 1 fully saturated rings.